The molecule has 3 aromatic rings. The molecule has 1 aromatic carbocycles. The molecule has 4 rings (SSSR count). The van der Waals surface area contributed by atoms with Crippen LogP contribution in [0.15, 0.2) is 79.4 Å². The SMILES string of the molecule is O=C(O[C@@H](c1ccccc1)[C@H]1C[C@@H]1C(=O)c1cccnc1)c1cccnc1. The first-order valence-electron chi connectivity index (χ1n) is 8.84. The van der Waals surface area contributed by atoms with Crippen LogP contribution in [-0.2, 0) is 4.74 Å². The van der Waals surface area contributed by atoms with Crippen LogP contribution >= 0.6 is 0 Å². The molecular weight excluding hydrogens is 340 g/mol. The van der Waals surface area contributed by atoms with Crippen LogP contribution in [0, 0.1) is 11.8 Å². The Morgan fingerprint density at radius 1 is 0.889 bits per heavy atom. The first-order chi connectivity index (χ1) is 13.2. The monoisotopic (exact) mass is 358 g/mol. The second-order valence-corrected chi connectivity index (χ2v) is 6.59. The predicted molar refractivity (Wildman–Crippen MR) is 99.0 cm³/mol. The number of Topliss-reactive ketones (excluding diaryl/α,β-unsaturated/α-hetero) is 1. The van der Waals surface area contributed by atoms with E-state index in [1.165, 1.54) is 6.20 Å². The Balaban J connectivity index is 1.55. The van der Waals surface area contributed by atoms with E-state index in [0.717, 1.165) is 5.56 Å². The number of ether oxygens (including phenoxy) is 1. The van der Waals surface area contributed by atoms with Crippen molar-refractivity contribution in [2.75, 3.05) is 0 Å². The lowest BCUT2D eigenvalue weighted by Gasteiger charge is -2.18. The number of carbonyl (C=O) groups is 2. The molecule has 5 nitrogen and oxygen atoms in total. The van der Waals surface area contributed by atoms with Gasteiger partial charge in [0.15, 0.2) is 5.78 Å². The number of pyridine rings is 2. The van der Waals surface area contributed by atoms with Crippen molar-refractivity contribution in [3.8, 4) is 0 Å². The zero-order valence-corrected chi connectivity index (χ0v) is 14.6. The number of esters is 1. The highest BCUT2D eigenvalue weighted by atomic mass is 16.5. The Bertz CT molecular complexity index is 930. The Morgan fingerprint density at radius 3 is 2.19 bits per heavy atom. The van der Waals surface area contributed by atoms with E-state index in [2.05, 4.69) is 9.97 Å². The molecule has 0 saturated heterocycles. The van der Waals surface area contributed by atoms with Gasteiger partial charge in [-0.1, -0.05) is 30.3 Å². The lowest BCUT2D eigenvalue weighted by Crippen LogP contribution is -2.16. The minimum atomic E-state index is -0.468. The summed E-state index contributed by atoms with van der Waals surface area (Å²) in [6, 6.07) is 16.4. The quantitative estimate of drug-likeness (QED) is 0.494. The standard InChI is InChI=1S/C22H18N2O3/c25-20(16-8-4-10-23-13-16)18-12-19(18)21(15-6-2-1-3-7-15)27-22(26)17-9-5-11-24-14-17/h1-11,13-14,18-19,21H,12H2/t18-,19-,21-/m0/s1. The third kappa shape index (κ3) is 3.77. The molecule has 0 amide bonds. The van der Waals surface area contributed by atoms with Crippen molar-refractivity contribution in [2.45, 2.75) is 12.5 Å². The van der Waals surface area contributed by atoms with Crippen LogP contribution in [0.4, 0.5) is 0 Å². The van der Waals surface area contributed by atoms with Gasteiger partial charge in [0.2, 0.25) is 0 Å². The Morgan fingerprint density at radius 2 is 1.56 bits per heavy atom. The molecule has 3 atom stereocenters. The molecule has 1 saturated carbocycles. The second-order valence-electron chi connectivity index (χ2n) is 6.59. The average molecular weight is 358 g/mol. The number of ketones is 1. The summed E-state index contributed by atoms with van der Waals surface area (Å²) >= 11 is 0. The molecule has 1 aliphatic carbocycles. The van der Waals surface area contributed by atoms with E-state index in [4.69, 9.17) is 4.74 Å². The Kier molecular flexibility index (Phi) is 4.75. The van der Waals surface area contributed by atoms with Crippen molar-refractivity contribution in [2.24, 2.45) is 11.8 Å². The maximum absolute atomic E-state index is 12.7. The maximum Gasteiger partial charge on any atom is 0.340 e. The van der Waals surface area contributed by atoms with Crippen LogP contribution in [0.2, 0.25) is 0 Å². The van der Waals surface area contributed by atoms with Gasteiger partial charge in [-0.2, -0.15) is 0 Å². The van der Waals surface area contributed by atoms with E-state index >= 15 is 0 Å². The van der Waals surface area contributed by atoms with Crippen LogP contribution in [0.25, 0.3) is 0 Å². The van der Waals surface area contributed by atoms with Crippen LogP contribution in [0.3, 0.4) is 0 Å². The molecule has 5 heteroatoms. The fourth-order valence-electron chi connectivity index (χ4n) is 3.29. The molecule has 134 valence electrons. The smallest absolute Gasteiger partial charge is 0.340 e. The summed E-state index contributed by atoms with van der Waals surface area (Å²) in [6.07, 6.45) is 6.53. The lowest BCUT2D eigenvalue weighted by atomic mass is 10.0. The van der Waals surface area contributed by atoms with Crippen LogP contribution in [0.1, 0.15) is 38.8 Å². The number of rotatable bonds is 6. The minimum absolute atomic E-state index is 0.0410. The molecule has 0 aliphatic heterocycles. The molecule has 0 bridgehead atoms. The summed E-state index contributed by atoms with van der Waals surface area (Å²) in [5.41, 5.74) is 1.88. The number of carbonyl (C=O) groups excluding carboxylic acids is 2. The van der Waals surface area contributed by atoms with Gasteiger partial charge in [0.1, 0.15) is 6.10 Å². The summed E-state index contributed by atoms with van der Waals surface area (Å²) in [5.74, 6) is -0.593. The zero-order valence-electron chi connectivity index (χ0n) is 14.6. The van der Waals surface area contributed by atoms with Gasteiger partial charge in [-0.05, 0) is 36.2 Å². The summed E-state index contributed by atoms with van der Waals surface area (Å²) in [4.78, 5) is 33.3. The molecule has 0 unspecified atom stereocenters. The van der Waals surface area contributed by atoms with E-state index in [1.54, 1.807) is 42.9 Å². The van der Waals surface area contributed by atoms with Gasteiger partial charge in [0.05, 0.1) is 5.56 Å². The number of hydrogen-bond acceptors (Lipinski definition) is 5. The summed E-state index contributed by atoms with van der Waals surface area (Å²) in [7, 11) is 0. The van der Waals surface area contributed by atoms with Crippen molar-refractivity contribution in [1.29, 1.82) is 0 Å². The summed E-state index contributed by atoms with van der Waals surface area (Å²) in [6.45, 7) is 0. The minimum Gasteiger partial charge on any atom is -0.454 e. The highest BCUT2D eigenvalue weighted by Gasteiger charge is 2.50. The van der Waals surface area contributed by atoms with Crippen molar-refractivity contribution in [3.05, 3.63) is 96.1 Å². The van der Waals surface area contributed by atoms with E-state index in [9.17, 15) is 9.59 Å². The number of benzene rings is 1. The van der Waals surface area contributed by atoms with E-state index in [1.807, 2.05) is 30.3 Å². The number of aromatic nitrogens is 2. The highest BCUT2D eigenvalue weighted by molar-refractivity contribution is 5.99. The summed E-state index contributed by atoms with van der Waals surface area (Å²) < 4.78 is 5.82. The van der Waals surface area contributed by atoms with Crippen molar-refractivity contribution < 1.29 is 14.3 Å². The van der Waals surface area contributed by atoms with E-state index in [-0.39, 0.29) is 17.6 Å². The van der Waals surface area contributed by atoms with E-state index in [0.29, 0.717) is 17.5 Å². The average Bonchev–Trinajstić information content (AvgIpc) is 3.54. The molecule has 0 radical (unpaired) electrons. The van der Waals surface area contributed by atoms with Gasteiger partial charge >= 0.3 is 5.97 Å². The van der Waals surface area contributed by atoms with E-state index < -0.39 is 12.1 Å². The lowest BCUT2D eigenvalue weighted by molar-refractivity contribution is 0.0225. The first kappa shape index (κ1) is 17.1. The largest absolute Gasteiger partial charge is 0.454 e. The van der Waals surface area contributed by atoms with Crippen LogP contribution in [-0.4, -0.2) is 21.7 Å². The molecular formula is C22H18N2O3. The fourth-order valence-corrected chi connectivity index (χ4v) is 3.29. The number of nitrogens with zero attached hydrogens (tertiary/aromatic N) is 2. The molecule has 2 heterocycles. The maximum atomic E-state index is 12.7. The topological polar surface area (TPSA) is 69.2 Å². The highest BCUT2D eigenvalue weighted by Crippen LogP contribution is 2.50. The van der Waals surface area contributed by atoms with Crippen LogP contribution in [0.5, 0.6) is 0 Å². The van der Waals surface area contributed by atoms with Gasteiger partial charge < -0.3 is 4.74 Å². The van der Waals surface area contributed by atoms with Crippen molar-refractivity contribution in [3.63, 3.8) is 0 Å². The molecule has 0 N–H and O–H groups in total. The van der Waals surface area contributed by atoms with Gasteiger partial charge in [0, 0.05) is 42.2 Å². The predicted octanol–water partition coefficient (Wildman–Crippen LogP) is 3.89. The molecule has 1 fully saturated rings. The van der Waals surface area contributed by atoms with Gasteiger partial charge in [0.25, 0.3) is 0 Å². The van der Waals surface area contributed by atoms with Crippen LogP contribution < -0.4 is 0 Å². The summed E-state index contributed by atoms with van der Waals surface area (Å²) in [5, 5.41) is 0. The first-order valence-corrected chi connectivity index (χ1v) is 8.84. The molecule has 2 aromatic heterocycles. The Labute approximate surface area is 157 Å². The third-order valence-corrected chi connectivity index (χ3v) is 4.77. The molecule has 1 aliphatic rings. The molecule has 0 spiro atoms. The van der Waals surface area contributed by atoms with Gasteiger partial charge in [-0.15, -0.1) is 0 Å². The van der Waals surface area contributed by atoms with Gasteiger partial charge in [-0.25, -0.2) is 4.79 Å². The Hall–Kier alpha value is -3.34. The van der Waals surface area contributed by atoms with Gasteiger partial charge in [-0.3, -0.25) is 14.8 Å². The third-order valence-electron chi connectivity index (χ3n) is 4.77. The molecule has 27 heavy (non-hydrogen) atoms. The van der Waals surface area contributed by atoms with Crippen molar-refractivity contribution >= 4 is 11.8 Å². The number of hydrogen-bond donors (Lipinski definition) is 0. The zero-order chi connectivity index (χ0) is 18.6. The second kappa shape index (κ2) is 7.50. The van der Waals surface area contributed by atoms with Crippen molar-refractivity contribution in [1.82, 2.24) is 9.97 Å². The normalized spacial score (nSPS) is 19.1. The fraction of sp³-hybridized carbons (Fsp3) is 0.182.